The first-order valence-corrected chi connectivity index (χ1v) is 21.2. The number of rotatable bonds is 10. The Balaban J connectivity index is 0.00000115. The van der Waals surface area contributed by atoms with Gasteiger partial charge in [0.25, 0.3) is 0 Å². The molecule has 2 aliphatic rings. The molecule has 2 fully saturated rings. The number of allylic oxidation sites excluding steroid dienone is 4. The zero-order chi connectivity index (χ0) is 43.2. The van der Waals surface area contributed by atoms with E-state index in [4.69, 9.17) is 9.98 Å². The van der Waals surface area contributed by atoms with E-state index in [9.17, 15) is 20.4 Å². The van der Waals surface area contributed by atoms with E-state index in [1.165, 1.54) is 5.56 Å². The van der Waals surface area contributed by atoms with E-state index in [-0.39, 0.29) is 94.9 Å². The smallest absolute Gasteiger partial charge is 0.128 e. The monoisotopic (exact) mass is 948 g/mol. The van der Waals surface area contributed by atoms with Crippen molar-refractivity contribution in [1.29, 1.82) is 0 Å². The molecule has 0 heterocycles. The van der Waals surface area contributed by atoms with Crippen LogP contribution in [0.3, 0.4) is 0 Å². The SMILES string of the molecule is CC(=NC1CCCCC1N=Cc1cc(C(C)(C)C)cc(C(C)(C)C)c1O)C(C)=C(C)O.OC(=CC=NC1CCCCC1N=CC=C(O)c1ccccc1)c1ccccc1.[CH3-].[CH3-].[Co].[Co]. The van der Waals surface area contributed by atoms with E-state index >= 15 is 0 Å². The third-order valence-corrected chi connectivity index (χ3v) is 11.2. The summed E-state index contributed by atoms with van der Waals surface area (Å²) >= 11 is 0. The average Bonchev–Trinajstić information content (AvgIpc) is 3.21. The van der Waals surface area contributed by atoms with Gasteiger partial charge in [0, 0.05) is 85.7 Å². The van der Waals surface area contributed by atoms with Gasteiger partial charge in [-0.3, -0.25) is 20.0 Å². The molecule has 2 radical (unpaired) electrons. The molecule has 0 bridgehead atoms. The molecule has 8 nitrogen and oxygen atoms in total. The van der Waals surface area contributed by atoms with Crippen LogP contribution in [0, 0.1) is 14.9 Å². The number of benzene rings is 3. The van der Waals surface area contributed by atoms with E-state index in [1.54, 1.807) is 31.5 Å². The maximum absolute atomic E-state index is 11.0. The van der Waals surface area contributed by atoms with E-state index in [0.29, 0.717) is 11.5 Å². The van der Waals surface area contributed by atoms with Gasteiger partial charge in [-0.05, 0) is 81.1 Å². The summed E-state index contributed by atoms with van der Waals surface area (Å²) in [5, 5.41) is 41.1. The molecule has 10 heteroatoms. The summed E-state index contributed by atoms with van der Waals surface area (Å²) in [6.07, 6.45) is 17.0. The first kappa shape index (κ1) is 58.8. The second kappa shape index (κ2) is 27.8. The molecule has 3 aromatic carbocycles. The van der Waals surface area contributed by atoms with Gasteiger partial charge < -0.3 is 35.3 Å². The van der Waals surface area contributed by atoms with Crippen molar-refractivity contribution in [3.05, 3.63) is 139 Å². The normalized spacial score (nSPS) is 20.4. The molecular weight excluding hydrogens is 874 g/mol. The van der Waals surface area contributed by atoms with Gasteiger partial charge >= 0.3 is 0 Å². The Morgan fingerprint density at radius 1 is 0.587 bits per heavy atom. The van der Waals surface area contributed by atoms with Crippen molar-refractivity contribution < 1.29 is 54.0 Å². The minimum Gasteiger partial charge on any atom is -0.512 e. The summed E-state index contributed by atoms with van der Waals surface area (Å²) < 4.78 is 0. The van der Waals surface area contributed by atoms with Crippen molar-refractivity contribution in [2.24, 2.45) is 20.0 Å². The fourth-order valence-corrected chi connectivity index (χ4v) is 7.26. The van der Waals surface area contributed by atoms with Crippen LogP contribution < -0.4 is 0 Å². The molecule has 4 atom stereocenters. The molecule has 0 aromatic heterocycles. The Labute approximate surface area is 401 Å². The molecule has 4 N–H and O–H groups in total. The molecule has 0 aliphatic heterocycles. The number of hydrogen-bond donors (Lipinski definition) is 4. The first-order chi connectivity index (χ1) is 28.0. The van der Waals surface area contributed by atoms with Gasteiger partial charge in [0.15, 0.2) is 0 Å². The summed E-state index contributed by atoms with van der Waals surface area (Å²) in [6, 6.07) is 23.4. The van der Waals surface area contributed by atoms with Gasteiger partial charge in [0.1, 0.15) is 17.3 Å². The molecule has 0 amide bonds. The Hall–Kier alpha value is -4.23. The van der Waals surface area contributed by atoms with Crippen LogP contribution in [-0.4, -0.2) is 68.9 Å². The Kier molecular flexibility index (Phi) is 26.0. The van der Waals surface area contributed by atoms with E-state index < -0.39 is 0 Å². The molecule has 2 saturated carbocycles. The quantitative estimate of drug-likeness (QED) is 0.0916. The van der Waals surface area contributed by atoms with Gasteiger partial charge in [0.05, 0.1) is 29.9 Å². The standard InChI is InChI=1S/C27H42N2O2.C24H26N2O2.2CH3.2Co/c1-17(19(3)30)18(2)29-24-13-11-10-12-23(24)28-16-20-14-21(26(4,5)6)15-22(25(20)31)27(7,8)9;27-23(19-9-3-1-4-10-19)15-17-25-21-13-7-8-14-22(21)26-18-16-24(28)20-11-5-2-6-12-20;;;;/h14-16,23-24,30-31H,10-13H2,1-9H3;1-6,9-12,15-18,21-22,27-28H,7-8,13-14H2;2*1H3;;/q;;2*-1;;. The number of aliphatic imine (C=N–C) groups is 4. The molecule has 0 spiro atoms. The van der Waals surface area contributed by atoms with Crippen molar-refractivity contribution >= 4 is 35.9 Å². The number of phenols is 1. The van der Waals surface area contributed by atoms with Crippen LogP contribution in [-0.2, 0) is 44.4 Å². The molecule has 5 rings (SSSR count). The van der Waals surface area contributed by atoms with E-state index in [2.05, 4.69) is 63.7 Å². The van der Waals surface area contributed by atoms with Crippen molar-refractivity contribution in [3.8, 4) is 5.75 Å². The molecule has 350 valence electrons. The molecule has 4 unspecified atom stereocenters. The van der Waals surface area contributed by atoms with Crippen LogP contribution in [0.5, 0.6) is 5.75 Å². The zero-order valence-electron chi connectivity index (χ0n) is 39.5. The van der Waals surface area contributed by atoms with Crippen molar-refractivity contribution in [3.63, 3.8) is 0 Å². The van der Waals surface area contributed by atoms with Crippen LogP contribution in [0.15, 0.2) is 116 Å². The second-order valence-electron chi connectivity index (χ2n) is 17.9. The fraction of sp³-hybridized carbons (Fsp3) is 0.434. The Morgan fingerprint density at radius 3 is 1.40 bits per heavy atom. The zero-order valence-corrected chi connectivity index (χ0v) is 41.6. The van der Waals surface area contributed by atoms with Gasteiger partial charge in [-0.25, -0.2) is 0 Å². The van der Waals surface area contributed by atoms with E-state index in [1.807, 2.05) is 80.7 Å². The predicted molar refractivity (Wildman–Crippen MR) is 263 cm³/mol. The third kappa shape index (κ3) is 18.4. The van der Waals surface area contributed by atoms with Crippen LogP contribution in [0.25, 0.3) is 11.5 Å². The third-order valence-electron chi connectivity index (χ3n) is 11.2. The van der Waals surface area contributed by atoms with Crippen molar-refractivity contribution in [2.45, 2.75) is 149 Å². The van der Waals surface area contributed by atoms with Crippen LogP contribution in [0.4, 0.5) is 0 Å². The number of nitrogens with zero attached hydrogens (tertiary/aromatic N) is 4. The van der Waals surface area contributed by atoms with Crippen LogP contribution >= 0.6 is 0 Å². The second-order valence-corrected chi connectivity index (χ2v) is 17.9. The summed E-state index contributed by atoms with van der Waals surface area (Å²) in [5.74, 6) is 1.05. The summed E-state index contributed by atoms with van der Waals surface area (Å²) in [4.78, 5) is 19.1. The Bertz CT molecular complexity index is 1960. The van der Waals surface area contributed by atoms with Gasteiger partial charge in [-0.15, -0.1) is 0 Å². The largest absolute Gasteiger partial charge is 0.512 e. The average molecular weight is 949 g/mol. The Morgan fingerprint density at radius 2 is 1.00 bits per heavy atom. The molecule has 0 saturated heterocycles. The van der Waals surface area contributed by atoms with Crippen LogP contribution in [0.2, 0.25) is 0 Å². The minimum absolute atomic E-state index is 0. The van der Waals surface area contributed by atoms with Gasteiger partial charge in [0.2, 0.25) is 0 Å². The first-order valence-electron chi connectivity index (χ1n) is 21.2. The van der Waals surface area contributed by atoms with Gasteiger partial charge in [-0.1, -0.05) is 134 Å². The topological polar surface area (TPSA) is 130 Å². The summed E-state index contributed by atoms with van der Waals surface area (Å²) in [7, 11) is 0. The van der Waals surface area contributed by atoms with Crippen molar-refractivity contribution in [2.75, 3.05) is 0 Å². The number of aliphatic hydroxyl groups is 3. The summed E-state index contributed by atoms with van der Waals surface area (Å²) in [5.41, 5.74) is 6.01. The molecule has 2 aliphatic carbocycles. The predicted octanol–water partition coefficient (Wildman–Crippen LogP) is 13.6. The number of aliphatic hydroxyl groups excluding tert-OH is 3. The number of hydrogen-bond acceptors (Lipinski definition) is 8. The summed E-state index contributed by atoms with van der Waals surface area (Å²) in [6.45, 7) is 18.5. The van der Waals surface area contributed by atoms with E-state index in [0.717, 1.165) is 84.9 Å². The minimum atomic E-state index is -0.158. The fourth-order valence-electron chi connectivity index (χ4n) is 7.26. The number of aromatic hydroxyl groups is 1. The number of phenolic OH excluding ortho intramolecular Hbond substituents is 1. The maximum Gasteiger partial charge on any atom is 0.128 e. The molecule has 63 heavy (non-hydrogen) atoms. The van der Waals surface area contributed by atoms with Crippen LogP contribution in [0.1, 0.15) is 141 Å². The van der Waals surface area contributed by atoms with Gasteiger partial charge in [-0.2, -0.15) is 0 Å². The molecular formula is C53H74Co2N4O4-2. The van der Waals surface area contributed by atoms with Crippen molar-refractivity contribution in [1.82, 2.24) is 0 Å². The molecule has 3 aromatic rings. The maximum atomic E-state index is 11.0.